The molecular formula is C14H16FN3O2S. The first-order valence-corrected chi connectivity index (χ1v) is 6.91. The van der Waals surface area contributed by atoms with Crippen molar-refractivity contribution in [1.82, 2.24) is 10.2 Å². The molecule has 1 aromatic rings. The summed E-state index contributed by atoms with van der Waals surface area (Å²) in [4.78, 5) is 25.4. The van der Waals surface area contributed by atoms with E-state index >= 15 is 0 Å². The third kappa shape index (κ3) is 2.73. The SMILES string of the molecule is CCC1(C)NC(=O)N(Cc2cc(F)ccc2C(N)=S)C1=O. The fraction of sp³-hybridized carbons (Fsp3) is 0.357. The van der Waals surface area contributed by atoms with Crippen molar-refractivity contribution in [2.45, 2.75) is 32.4 Å². The predicted octanol–water partition coefficient (Wildman–Crippen LogP) is 1.68. The van der Waals surface area contributed by atoms with E-state index < -0.39 is 17.4 Å². The highest BCUT2D eigenvalue weighted by atomic mass is 32.1. The van der Waals surface area contributed by atoms with Crippen LogP contribution in [0.2, 0.25) is 0 Å². The van der Waals surface area contributed by atoms with Gasteiger partial charge in [0.05, 0.1) is 6.54 Å². The molecule has 1 heterocycles. The maximum atomic E-state index is 13.4. The monoisotopic (exact) mass is 309 g/mol. The second kappa shape index (κ2) is 5.40. The van der Waals surface area contributed by atoms with Crippen molar-refractivity contribution in [3.8, 4) is 0 Å². The number of hydrogen-bond acceptors (Lipinski definition) is 3. The Labute approximate surface area is 127 Å². The van der Waals surface area contributed by atoms with Crippen LogP contribution in [0.15, 0.2) is 18.2 Å². The molecule has 112 valence electrons. The van der Waals surface area contributed by atoms with Gasteiger partial charge in [-0.3, -0.25) is 9.69 Å². The van der Waals surface area contributed by atoms with Gasteiger partial charge in [0.1, 0.15) is 16.3 Å². The molecule has 1 aliphatic rings. The number of halogens is 1. The largest absolute Gasteiger partial charge is 0.389 e. The average Bonchev–Trinajstić information content (AvgIpc) is 2.63. The molecule has 1 aromatic carbocycles. The molecule has 3 N–H and O–H groups in total. The van der Waals surface area contributed by atoms with Gasteiger partial charge in [-0.25, -0.2) is 9.18 Å². The Kier molecular flexibility index (Phi) is 3.95. The van der Waals surface area contributed by atoms with Crippen LogP contribution in [0.4, 0.5) is 9.18 Å². The van der Waals surface area contributed by atoms with Gasteiger partial charge < -0.3 is 11.1 Å². The molecule has 1 saturated heterocycles. The molecule has 5 nitrogen and oxygen atoms in total. The van der Waals surface area contributed by atoms with Crippen LogP contribution in [-0.2, 0) is 11.3 Å². The van der Waals surface area contributed by atoms with Gasteiger partial charge in [-0.15, -0.1) is 0 Å². The first kappa shape index (κ1) is 15.4. The molecule has 0 aliphatic carbocycles. The van der Waals surface area contributed by atoms with Crippen molar-refractivity contribution in [3.63, 3.8) is 0 Å². The number of carbonyl (C=O) groups is 2. The van der Waals surface area contributed by atoms with Crippen LogP contribution in [0.25, 0.3) is 0 Å². The van der Waals surface area contributed by atoms with Gasteiger partial charge in [0, 0.05) is 5.56 Å². The van der Waals surface area contributed by atoms with Crippen LogP contribution in [-0.4, -0.2) is 27.4 Å². The van der Waals surface area contributed by atoms with E-state index in [-0.39, 0.29) is 17.4 Å². The Morgan fingerprint density at radius 1 is 1.48 bits per heavy atom. The minimum Gasteiger partial charge on any atom is -0.389 e. The summed E-state index contributed by atoms with van der Waals surface area (Å²) in [6, 6.07) is 3.42. The van der Waals surface area contributed by atoms with Crippen LogP contribution in [0, 0.1) is 5.82 Å². The number of imide groups is 1. The number of urea groups is 1. The third-order valence-corrected chi connectivity index (χ3v) is 3.93. The lowest BCUT2D eigenvalue weighted by Gasteiger charge is -2.20. The summed E-state index contributed by atoms with van der Waals surface area (Å²) >= 11 is 4.91. The van der Waals surface area contributed by atoms with Gasteiger partial charge in [-0.1, -0.05) is 19.1 Å². The van der Waals surface area contributed by atoms with E-state index in [0.717, 1.165) is 4.90 Å². The first-order valence-electron chi connectivity index (χ1n) is 6.51. The van der Waals surface area contributed by atoms with E-state index in [9.17, 15) is 14.0 Å². The van der Waals surface area contributed by atoms with Crippen molar-refractivity contribution in [3.05, 3.63) is 35.1 Å². The Balaban J connectivity index is 2.35. The molecule has 0 aromatic heterocycles. The predicted molar refractivity (Wildman–Crippen MR) is 80.1 cm³/mol. The second-order valence-corrected chi connectivity index (χ2v) is 5.61. The van der Waals surface area contributed by atoms with Crippen molar-refractivity contribution >= 4 is 29.1 Å². The third-order valence-electron chi connectivity index (χ3n) is 3.71. The van der Waals surface area contributed by atoms with E-state index in [1.807, 2.05) is 6.92 Å². The van der Waals surface area contributed by atoms with Crippen molar-refractivity contribution in [2.75, 3.05) is 0 Å². The number of nitrogens with zero attached hydrogens (tertiary/aromatic N) is 1. The molecule has 1 aliphatic heterocycles. The standard InChI is InChI=1S/C14H16FN3O2S/c1-3-14(2)12(19)18(13(20)17-14)7-8-6-9(15)4-5-10(8)11(16)21/h4-6H,3,7H2,1-2H3,(H2,16,21)(H,17,20). The number of nitrogens with one attached hydrogen (secondary N) is 1. The molecular weight excluding hydrogens is 293 g/mol. The zero-order valence-corrected chi connectivity index (χ0v) is 12.6. The summed E-state index contributed by atoms with van der Waals surface area (Å²) in [5, 5.41) is 2.64. The van der Waals surface area contributed by atoms with Crippen LogP contribution >= 0.6 is 12.2 Å². The molecule has 1 fully saturated rings. The molecule has 7 heteroatoms. The lowest BCUT2D eigenvalue weighted by atomic mass is 9.99. The first-order chi connectivity index (χ1) is 9.78. The van der Waals surface area contributed by atoms with Crippen LogP contribution in [0.5, 0.6) is 0 Å². The van der Waals surface area contributed by atoms with Crippen LogP contribution < -0.4 is 11.1 Å². The van der Waals surface area contributed by atoms with Crippen molar-refractivity contribution in [1.29, 1.82) is 0 Å². The molecule has 3 amide bonds. The number of rotatable bonds is 4. The van der Waals surface area contributed by atoms with Gasteiger partial charge >= 0.3 is 6.03 Å². The topological polar surface area (TPSA) is 75.4 Å². The second-order valence-electron chi connectivity index (χ2n) is 5.17. The fourth-order valence-electron chi connectivity index (χ4n) is 2.23. The molecule has 0 bridgehead atoms. The van der Waals surface area contributed by atoms with E-state index in [2.05, 4.69) is 5.32 Å². The minimum atomic E-state index is -0.923. The molecule has 1 atom stereocenters. The normalized spacial score (nSPS) is 21.6. The number of carbonyl (C=O) groups excluding carboxylic acids is 2. The minimum absolute atomic E-state index is 0.0648. The van der Waals surface area contributed by atoms with Crippen molar-refractivity contribution < 1.29 is 14.0 Å². The van der Waals surface area contributed by atoms with E-state index in [0.29, 0.717) is 17.5 Å². The maximum Gasteiger partial charge on any atom is 0.325 e. The van der Waals surface area contributed by atoms with Crippen LogP contribution in [0.3, 0.4) is 0 Å². The Hall–Kier alpha value is -2.02. The summed E-state index contributed by atoms with van der Waals surface area (Å²) in [7, 11) is 0. The Morgan fingerprint density at radius 2 is 2.14 bits per heavy atom. The van der Waals surface area contributed by atoms with Gasteiger partial charge in [0.2, 0.25) is 0 Å². The maximum absolute atomic E-state index is 13.4. The van der Waals surface area contributed by atoms with Gasteiger partial charge in [-0.2, -0.15) is 0 Å². The van der Waals surface area contributed by atoms with Crippen LogP contribution in [0.1, 0.15) is 31.4 Å². The Morgan fingerprint density at radius 3 is 2.67 bits per heavy atom. The number of thiocarbonyl (C=S) groups is 1. The highest BCUT2D eigenvalue weighted by Gasteiger charge is 2.46. The molecule has 0 radical (unpaired) electrons. The summed E-state index contributed by atoms with van der Waals surface area (Å²) in [5.74, 6) is -0.816. The number of amides is 3. The van der Waals surface area contributed by atoms with E-state index in [1.54, 1.807) is 6.92 Å². The molecule has 1 unspecified atom stereocenters. The fourth-order valence-corrected chi connectivity index (χ4v) is 2.43. The number of nitrogens with two attached hydrogens (primary N) is 1. The number of benzene rings is 1. The summed E-state index contributed by atoms with van der Waals surface area (Å²) < 4.78 is 13.4. The molecule has 2 rings (SSSR count). The number of hydrogen-bond donors (Lipinski definition) is 2. The van der Waals surface area contributed by atoms with Gasteiger partial charge in [0.15, 0.2) is 0 Å². The highest BCUT2D eigenvalue weighted by molar-refractivity contribution is 7.80. The molecule has 21 heavy (non-hydrogen) atoms. The zero-order chi connectivity index (χ0) is 15.8. The molecule has 0 spiro atoms. The lowest BCUT2D eigenvalue weighted by Crippen LogP contribution is -2.43. The quantitative estimate of drug-likeness (QED) is 0.655. The highest BCUT2D eigenvalue weighted by Crippen LogP contribution is 2.24. The van der Waals surface area contributed by atoms with Crippen molar-refractivity contribution in [2.24, 2.45) is 5.73 Å². The zero-order valence-electron chi connectivity index (χ0n) is 11.8. The van der Waals surface area contributed by atoms with E-state index in [1.165, 1.54) is 18.2 Å². The molecule has 0 saturated carbocycles. The smallest absolute Gasteiger partial charge is 0.325 e. The van der Waals surface area contributed by atoms with E-state index in [4.69, 9.17) is 18.0 Å². The van der Waals surface area contributed by atoms with Gasteiger partial charge in [-0.05, 0) is 37.1 Å². The van der Waals surface area contributed by atoms with Gasteiger partial charge in [0.25, 0.3) is 5.91 Å². The average molecular weight is 309 g/mol. The summed E-state index contributed by atoms with van der Waals surface area (Å²) in [6.45, 7) is 3.41. The summed E-state index contributed by atoms with van der Waals surface area (Å²) in [6.07, 6.45) is 0.472. The lowest BCUT2D eigenvalue weighted by molar-refractivity contribution is -0.131. The Bertz CT molecular complexity index is 635. The summed E-state index contributed by atoms with van der Waals surface area (Å²) in [5.41, 5.74) is 5.53.